The zero-order valence-corrected chi connectivity index (χ0v) is 15.8. The first-order chi connectivity index (χ1) is 11.5. The van der Waals surface area contributed by atoms with Crippen LogP contribution in [0.3, 0.4) is 0 Å². The summed E-state index contributed by atoms with van der Waals surface area (Å²) in [5.41, 5.74) is 9.43. The lowest BCUT2D eigenvalue weighted by Gasteiger charge is -2.27. The van der Waals surface area contributed by atoms with E-state index in [9.17, 15) is 0 Å². The van der Waals surface area contributed by atoms with Gasteiger partial charge >= 0.3 is 0 Å². The van der Waals surface area contributed by atoms with Crippen LogP contribution in [-0.2, 0) is 0 Å². The van der Waals surface area contributed by atoms with Gasteiger partial charge in [0.25, 0.3) is 0 Å². The van der Waals surface area contributed by atoms with Gasteiger partial charge in [0, 0.05) is 35.6 Å². The van der Waals surface area contributed by atoms with Crippen molar-refractivity contribution in [3.63, 3.8) is 0 Å². The summed E-state index contributed by atoms with van der Waals surface area (Å²) in [5.74, 6) is 2.15. The van der Waals surface area contributed by atoms with E-state index >= 15 is 0 Å². The van der Waals surface area contributed by atoms with E-state index in [1.54, 1.807) is 0 Å². The number of benzene rings is 1. The van der Waals surface area contributed by atoms with Gasteiger partial charge in [0.1, 0.15) is 24.2 Å². The zero-order valence-electron chi connectivity index (χ0n) is 14.3. The molecule has 24 heavy (non-hydrogen) atoms. The summed E-state index contributed by atoms with van der Waals surface area (Å²) >= 11 is 3.61. The average molecular weight is 391 g/mol. The highest BCUT2D eigenvalue weighted by Crippen LogP contribution is 2.45. The summed E-state index contributed by atoms with van der Waals surface area (Å²) in [7, 11) is 0. The van der Waals surface area contributed by atoms with Gasteiger partial charge in [0.05, 0.1) is 4.47 Å². The van der Waals surface area contributed by atoms with Gasteiger partial charge in [-0.1, -0.05) is 13.8 Å². The molecule has 1 aromatic carbocycles. The van der Waals surface area contributed by atoms with Crippen LogP contribution in [-0.4, -0.2) is 17.6 Å². The Morgan fingerprint density at radius 1 is 1.33 bits per heavy atom. The number of hydrogen-bond acceptors (Lipinski definition) is 4. The molecule has 5 heteroatoms. The Bertz CT molecular complexity index is 733. The van der Waals surface area contributed by atoms with Crippen LogP contribution in [0.15, 0.2) is 35.1 Å². The molecule has 2 unspecified atom stereocenters. The molecular formula is C19H23BrN2O2. The van der Waals surface area contributed by atoms with E-state index in [1.165, 1.54) is 0 Å². The second-order valence-electron chi connectivity index (χ2n) is 6.70. The molecule has 0 amide bonds. The molecule has 3 rings (SSSR count). The van der Waals surface area contributed by atoms with E-state index in [2.05, 4.69) is 34.8 Å². The minimum atomic E-state index is -0.0292. The molecule has 1 aliphatic rings. The van der Waals surface area contributed by atoms with Crippen LogP contribution in [0.5, 0.6) is 11.5 Å². The maximum atomic E-state index is 6.12. The average Bonchev–Trinajstić information content (AvgIpc) is 2.53. The molecule has 4 nitrogen and oxygen atoms in total. The predicted octanol–water partition coefficient (Wildman–Crippen LogP) is 4.72. The number of nitrogens with two attached hydrogens (primary N) is 1. The number of hydrogen-bond donors (Lipinski definition) is 1. The number of nitrogens with zero attached hydrogens (tertiary/aromatic N) is 1. The summed E-state index contributed by atoms with van der Waals surface area (Å²) in [6, 6.07) is 6.04. The first-order valence-electron chi connectivity index (χ1n) is 8.28. The van der Waals surface area contributed by atoms with Gasteiger partial charge in [-0.05, 0) is 52.9 Å². The third-order valence-corrected chi connectivity index (χ3v) is 4.76. The van der Waals surface area contributed by atoms with Gasteiger partial charge < -0.3 is 15.2 Å². The smallest absolute Gasteiger partial charge is 0.137 e. The molecule has 0 radical (unpaired) electrons. The maximum absolute atomic E-state index is 6.12. The van der Waals surface area contributed by atoms with Gasteiger partial charge in [-0.15, -0.1) is 0 Å². The molecule has 1 aromatic heterocycles. The number of rotatable bonds is 5. The lowest BCUT2D eigenvalue weighted by molar-refractivity contribution is 0.219. The molecule has 0 bridgehead atoms. The summed E-state index contributed by atoms with van der Waals surface area (Å²) < 4.78 is 12.9. The molecule has 0 saturated carbocycles. The summed E-state index contributed by atoms with van der Waals surface area (Å²) in [4.78, 5) is 4.20. The van der Waals surface area contributed by atoms with Crippen molar-refractivity contribution >= 4 is 15.9 Å². The number of ether oxygens (including phenoxy) is 2. The van der Waals surface area contributed by atoms with Crippen LogP contribution in [0.1, 0.15) is 38.9 Å². The van der Waals surface area contributed by atoms with E-state index in [-0.39, 0.29) is 12.1 Å². The zero-order chi connectivity index (χ0) is 17.3. The normalized spacial score (nSPS) is 17.0. The molecule has 2 N–H and O–H groups in total. The van der Waals surface area contributed by atoms with E-state index in [1.807, 2.05) is 37.5 Å². The molecule has 0 fully saturated rings. The van der Waals surface area contributed by atoms with E-state index in [0.29, 0.717) is 12.5 Å². The van der Waals surface area contributed by atoms with E-state index < -0.39 is 0 Å². The van der Waals surface area contributed by atoms with Crippen molar-refractivity contribution in [2.75, 3.05) is 6.61 Å². The van der Waals surface area contributed by atoms with Crippen molar-refractivity contribution in [2.45, 2.75) is 39.3 Å². The molecular weight excluding hydrogens is 368 g/mol. The molecule has 1 aliphatic heterocycles. The van der Waals surface area contributed by atoms with Gasteiger partial charge in [-0.25, -0.2) is 0 Å². The quantitative estimate of drug-likeness (QED) is 0.802. The Morgan fingerprint density at radius 3 is 2.88 bits per heavy atom. The molecule has 0 aliphatic carbocycles. The highest BCUT2D eigenvalue weighted by Gasteiger charge is 2.24. The third-order valence-electron chi connectivity index (χ3n) is 4.14. The SMILES string of the molecule is CC(C)CC(N)COc1cc2c(cc1Br)-c1ccncc1C(C)O2. The molecule has 0 saturated heterocycles. The third kappa shape index (κ3) is 3.57. The van der Waals surface area contributed by atoms with E-state index in [0.717, 1.165) is 39.1 Å². The first-order valence-corrected chi connectivity index (χ1v) is 9.08. The lowest BCUT2D eigenvalue weighted by atomic mass is 9.95. The molecule has 128 valence electrons. The van der Waals surface area contributed by atoms with Crippen molar-refractivity contribution in [2.24, 2.45) is 11.7 Å². The first kappa shape index (κ1) is 17.2. The fourth-order valence-electron chi connectivity index (χ4n) is 3.05. The largest absolute Gasteiger partial charge is 0.491 e. The fraction of sp³-hybridized carbons (Fsp3) is 0.421. The lowest BCUT2D eigenvalue weighted by Crippen LogP contribution is -2.29. The van der Waals surface area contributed by atoms with Gasteiger partial charge in [0.2, 0.25) is 0 Å². The highest BCUT2D eigenvalue weighted by molar-refractivity contribution is 9.10. The Balaban J connectivity index is 1.85. The van der Waals surface area contributed by atoms with Crippen molar-refractivity contribution in [1.29, 1.82) is 0 Å². The predicted molar refractivity (Wildman–Crippen MR) is 99.3 cm³/mol. The van der Waals surface area contributed by atoms with Crippen molar-refractivity contribution in [3.05, 3.63) is 40.6 Å². The fourth-order valence-corrected chi connectivity index (χ4v) is 3.51. The van der Waals surface area contributed by atoms with Crippen LogP contribution in [0.4, 0.5) is 0 Å². The van der Waals surface area contributed by atoms with Crippen LogP contribution < -0.4 is 15.2 Å². The molecule has 2 heterocycles. The Kier molecular flexibility index (Phi) is 5.11. The van der Waals surface area contributed by atoms with E-state index in [4.69, 9.17) is 15.2 Å². The van der Waals surface area contributed by atoms with Crippen LogP contribution in [0.25, 0.3) is 11.1 Å². The summed E-state index contributed by atoms with van der Waals surface area (Å²) in [5, 5.41) is 0. The second-order valence-corrected chi connectivity index (χ2v) is 7.56. The molecule has 2 aromatic rings. The van der Waals surface area contributed by atoms with Crippen molar-refractivity contribution in [3.8, 4) is 22.6 Å². The van der Waals surface area contributed by atoms with Gasteiger partial charge in [0.15, 0.2) is 0 Å². The number of pyridine rings is 1. The standard InChI is InChI=1S/C19H23BrN2O2/c1-11(2)6-13(21)10-23-19-8-18-15(7-17(19)20)14-4-5-22-9-16(14)12(3)24-18/h4-5,7-9,11-13H,6,10,21H2,1-3H3. The second kappa shape index (κ2) is 7.11. The van der Waals surface area contributed by atoms with Gasteiger partial charge in [-0.2, -0.15) is 0 Å². The van der Waals surface area contributed by atoms with Crippen LogP contribution >= 0.6 is 15.9 Å². The Hall–Kier alpha value is -1.59. The van der Waals surface area contributed by atoms with Crippen LogP contribution in [0.2, 0.25) is 0 Å². The molecule has 2 atom stereocenters. The monoisotopic (exact) mass is 390 g/mol. The Morgan fingerprint density at radius 2 is 2.12 bits per heavy atom. The molecule has 0 spiro atoms. The van der Waals surface area contributed by atoms with Crippen molar-refractivity contribution in [1.82, 2.24) is 4.98 Å². The minimum absolute atomic E-state index is 0.0274. The van der Waals surface area contributed by atoms with Gasteiger partial charge in [-0.3, -0.25) is 4.98 Å². The topological polar surface area (TPSA) is 57.4 Å². The summed E-state index contributed by atoms with van der Waals surface area (Å²) in [6.07, 6.45) is 4.59. The summed E-state index contributed by atoms with van der Waals surface area (Å²) in [6.45, 7) is 6.85. The van der Waals surface area contributed by atoms with Crippen LogP contribution in [0, 0.1) is 5.92 Å². The number of aromatic nitrogens is 1. The Labute approximate surface area is 151 Å². The number of fused-ring (bicyclic) bond motifs is 3. The highest BCUT2D eigenvalue weighted by atomic mass is 79.9. The van der Waals surface area contributed by atoms with Crippen molar-refractivity contribution < 1.29 is 9.47 Å². The number of halogens is 1. The maximum Gasteiger partial charge on any atom is 0.137 e. The minimum Gasteiger partial charge on any atom is -0.491 e.